The molecule has 1 heterocycles. The normalized spacial score (nSPS) is 10.3. The fraction of sp³-hybridized carbons (Fsp3) is 0. The van der Waals surface area contributed by atoms with Crippen LogP contribution in [0.1, 0.15) is 10.5 Å². The molecule has 0 spiro atoms. The molecule has 14 heavy (non-hydrogen) atoms. The Morgan fingerprint density at radius 3 is 2.64 bits per heavy atom. The summed E-state index contributed by atoms with van der Waals surface area (Å²) in [6.07, 6.45) is 0. The zero-order valence-corrected chi connectivity index (χ0v) is 7.31. The summed E-state index contributed by atoms with van der Waals surface area (Å²) in [6.45, 7) is 0. The van der Waals surface area contributed by atoms with E-state index in [4.69, 9.17) is 5.73 Å². The average molecular weight is 188 g/mol. The van der Waals surface area contributed by atoms with Crippen molar-refractivity contribution >= 4 is 16.8 Å². The topological polar surface area (TPSA) is 70.0 Å². The number of primary amides is 1. The first kappa shape index (κ1) is 8.50. The van der Waals surface area contributed by atoms with Crippen molar-refractivity contribution in [3.05, 3.63) is 47.3 Å². The van der Waals surface area contributed by atoms with Gasteiger partial charge in [0.2, 0.25) is 5.52 Å². The monoisotopic (exact) mass is 188 g/mol. The number of rotatable bonds is 1. The van der Waals surface area contributed by atoms with Crippen LogP contribution >= 0.6 is 0 Å². The molecule has 70 valence electrons. The van der Waals surface area contributed by atoms with Crippen LogP contribution < -0.4 is 10.5 Å². The van der Waals surface area contributed by atoms with Crippen LogP contribution in [0.2, 0.25) is 0 Å². The van der Waals surface area contributed by atoms with Gasteiger partial charge in [-0.15, -0.1) is 0 Å². The minimum absolute atomic E-state index is 0.0382. The summed E-state index contributed by atoms with van der Waals surface area (Å²) in [6, 6.07) is 10.1. The Morgan fingerprint density at radius 1 is 1.21 bits per heavy atom. The molecule has 0 aliphatic carbocycles. The summed E-state index contributed by atoms with van der Waals surface area (Å²) < 4.78 is 0.553. The Labute approximate surface area is 80.2 Å². The summed E-state index contributed by atoms with van der Waals surface area (Å²) in [5, 5.41) is 12.4. The molecule has 0 bridgehead atoms. The zero-order chi connectivity index (χ0) is 10.1. The summed E-state index contributed by atoms with van der Waals surface area (Å²) in [5.41, 5.74) is 5.46. The van der Waals surface area contributed by atoms with Crippen molar-refractivity contribution in [3.8, 4) is 0 Å². The average Bonchev–Trinajstić information content (AvgIpc) is 2.18. The number of pyridine rings is 1. The van der Waals surface area contributed by atoms with E-state index < -0.39 is 5.91 Å². The van der Waals surface area contributed by atoms with Crippen molar-refractivity contribution in [1.82, 2.24) is 0 Å². The zero-order valence-electron chi connectivity index (χ0n) is 7.31. The third-order valence-corrected chi connectivity index (χ3v) is 2.05. The lowest BCUT2D eigenvalue weighted by molar-refractivity contribution is -0.579. The number of aromatic nitrogens is 1. The minimum Gasteiger partial charge on any atom is -0.618 e. The molecule has 0 saturated heterocycles. The van der Waals surface area contributed by atoms with Gasteiger partial charge in [-0.05, 0) is 12.1 Å². The highest BCUT2D eigenvalue weighted by atomic mass is 16.5. The molecule has 2 N–H and O–H groups in total. The molecule has 0 radical (unpaired) electrons. The number of nitrogens with two attached hydrogens (primary N) is 1. The van der Waals surface area contributed by atoms with Crippen LogP contribution in [0.4, 0.5) is 0 Å². The maximum absolute atomic E-state index is 11.6. The van der Waals surface area contributed by atoms with Crippen LogP contribution in [0.15, 0.2) is 36.4 Å². The van der Waals surface area contributed by atoms with Gasteiger partial charge in [-0.2, -0.15) is 4.73 Å². The second-order valence-corrected chi connectivity index (χ2v) is 2.94. The quantitative estimate of drug-likeness (QED) is 0.525. The lowest BCUT2D eigenvalue weighted by Crippen LogP contribution is -2.37. The number of hydrogen-bond donors (Lipinski definition) is 1. The Kier molecular flexibility index (Phi) is 1.81. The second kappa shape index (κ2) is 2.99. The predicted molar refractivity (Wildman–Crippen MR) is 51.4 cm³/mol. The molecule has 4 nitrogen and oxygen atoms in total. The van der Waals surface area contributed by atoms with Gasteiger partial charge in [0, 0.05) is 17.5 Å². The standard InChI is InChI=1S/C10H8N2O2/c11-10(13)9-6-5-7-3-1-2-4-8(7)12(9)14/h1-6H,(H2,11,13). The second-order valence-electron chi connectivity index (χ2n) is 2.94. The molecular formula is C10H8N2O2. The number of nitrogens with zero attached hydrogens (tertiary/aromatic N) is 1. The van der Waals surface area contributed by atoms with Gasteiger partial charge in [0.25, 0.3) is 5.69 Å². The lowest BCUT2D eigenvalue weighted by Gasteiger charge is -2.04. The number of fused-ring (bicyclic) bond motifs is 1. The smallest absolute Gasteiger partial charge is 0.314 e. The first-order valence-electron chi connectivity index (χ1n) is 4.11. The van der Waals surface area contributed by atoms with Gasteiger partial charge < -0.3 is 10.9 Å². The van der Waals surface area contributed by atoms with E-state index in [0.717, 1.165) is 5.39 Å². The van der Waals surface area contributed by atoms with E-state index in [2.05, 4.69) is 0 Å². The Bertz CT molecular complexity index is 508. The van der Waals surface area contributed by atoms with Crippen molar-refractivity contribution in [3.63, 3.8) is 0 Å². The first-order valence-corrected chi connectivity index (χ1v) is 4.11. The predicted octanol–water partition coefficient (Wildman–Crippen LogP) is 0.572. The highest BCUT2D eigenvalue weighted by Gasteiger charge is 2.14. The number of hydrogen-bond acceptors (Lipinski definition) is 2. The van der Waals surface area contributed by atoms with E-state index in [1.165, 1.54) is 6.07 Å². The molecule has 0 saturated carbocycles. The van der Waals surface area contributed by atoms with Crippen LogP contribution in [0.5, 0.6) is 0 Å². The molecule has 1 aromatic heterocycles. The molecule has 2 aromatic rings. The van der Waals surface area contributed by atoms with Crippen LogP contribution in [0, 0.1) is 5.21 Å². The molecule has 0 fully saturated rings. The highest BCUT2D eigenvalue weighted by Crippen LogP contribution is 2.09. The maximum atomic E-state index is 11.6. The highest BCUT2D eigenvalue weighted by molar-refractivity contribution is 5.91. The van der Waals surface area contributed by atoms with Crippen LogP contribution in [-0.2, 0) is 0 Å². The van der Waals surface area contributed by atoms with E-state index in [-0.39, 0.29) is 5.69 Å². The molecule has 0 unspecified atom stereocenters. The van der Waals surface area contributed by atoms with Gasteiger partial charge in [0.1, 0.15) is 0 Å². The molecule has 0 aliphatic heterocycles. The SMILES string of the molecule is NC(=O)c1ccc2ccccc2[n+]1[O-]. The van der Waals surface area contributed by atoms with Crippen LogP contribution in [0.25, 0.3) is 10.9 Å². The third kappa shape index (κ3) is 1.17. The van der Waals surface area contributed by atoms with E-state index in [1.54, 1.807) is 24.3 Å². The largest absolute Gasteiger partial charge is 0.618 e. The molecule has 1 aromatic carbocycles. The van der Waals surface area contributed by atoms with Gasteiger partial charge in [0.15, 0.2) is 0 Å². The minimum atomic E-state index is -0.717. The third-order valence-electron chi connectivity index (χ3n) is 2.05. The molecule has 2 rings (SSSR count). The fourth-order valence-electron chi connectivity index (χ4n) is 1.36. The van der Waals surface area contributed by atoms with Crippen molar-refractivity contribution in [2.45, 2.75) is 0 Å². The molecule has 0 atom stereocenters. The summed E-state index contributed by atoms with van der Waals surface area (Å²) >= 11 is 0. The number of benzene rings is 1. The van der Waals surface area contributed by atoms with E-state index in [9.17, 15) is 10.0 Å². The summed E-state index contributed by atoms with van der Waals surface area (Å²) in [4.78, 5) is 10.9. The van der Waals surface area contributed by atoms with E-state index >= 15 is 0 Å². The Hall–Kier alpha value is -2.10. The molecule has 1 amide bonds. The molecule has 0 aliphatic rings. The van der Waals surface area contributed by atoms with Gasteiger partial charge in [-0.3, -0.25) is 4.79 Å². The number of carbonyl (C=O) groups is 1. The van der Waals surface area contributed by atoms with E-state index in [0.29, 0.717) is 10.2 Å². The Morgan fingerprint density at radius 2 is 1.93 bits per heavy atom. The van der Waals surface area contributed by atoms with Crippen molar-refractivity contribution < 1.29 is 9.52 Å². The number of para-hydroxylation sites is 1. The first-order chi connectivity index (χ1) is 6.70. The summed E-state index contributed by atoms with van der Waals surface area (Å²) in [5.74, 6) is -0.717. The lowest BCUT2D eigenvalue weighted by atomic mass is 10.2. The van der Waals surface area contributed by atoms with Gasteiger partial charge >= 0.3 is 5.91 Å². The van der Waals surface area contributed by atoms with Gasteiger partial charge in [0.05, 0.1) is 0 Å². The molecular weight excluding hydrogens is 180 g/mol. The number of amides is 1. The Balaban J connectivity index is 2.81. The van der Waals surface area contributed by atoms with Crippen LogP contribution in [0.3, 0.4) is 0 Å². The maximum Gasteiger partial charge on any atom is 0.314 e. The van der Waals surface area contributed by atoms with Gasteiger partial charge in [-0.1, -0.05) is 12.1 Å². The fourth-order valence-corrected chi connectivity index (χ4v) is 1.36. The number of carbonyl (C=O) groups excluding carboxylic acids is 1. The van der Waals surface area contributed by atoms with Crippen molar-refractivity contribution in [1.29, 1.82) is 0 Å². The van der Waals surface area contributed by atoms with Crippen molar-refractivity contribution in [2.24, 2.45) is 5.73 Å². The van der Waals surface area contributed by atoms with Crippen molar-refractivity contribution in [2.75, 3.05) is 0 Å². The summed E-state index contributed by atoms with van der Waals surface area (Å²) in [7, 11) is 0. The molecule has 4 heteroatoms. The van der Waals surface area contributed by atoms with E-state index in [1.807, 2.05) is 6.07 Å². The van der Waals surface area contributed by atoms with Gasteiger partial charge in [-0.25, -0.2) is 0 Å². The van der Waals surface area contributed by atoms with Crippen LogP contribution in [-0.4, -0.2) is 5.91 Å².